The Balaban J connectivity index is 2.63. The highest BCUT2D eigenvalue weighted by molar-refractivity contribution is 5.78. The van der Waals surface area contributed by atoms with Crippen molar-refractivity contribution in [3.8, 4) is 11.3 Å². The summed E-state index contributed by atoms with van der Waals surface area (Å²) in [5.41, 5.74) is -0.961. The van der Waals surface area contributed by atoms with Crippen LogP contribution in [-0.2, 0) is 6.18 Å². The minimum Gasteiger partial charge on any atom is -0.461 e. The Hall–Kier alpha value is -2.04. The number of aryl methyl sites for hydroxylation is 1. The second-order valence-electron chi connectivity index (χ2n) is 3.83. The number of carbonyl (C=O) groups is 1. The topological polar surface area (TPSA) is 30.2 Å². The van der Waals surface area contributed by atoms with Crippen LogP contribution in [0.3, 0.4) is 0 Å². The van der Waals surface area contributed by atoms with E-state index in [1.807, 2.05) is 0 Å². The first kappa shape index (κ1) is 12.4. The van der Waals surface area contributed by atoms with Crippen molar-refractivity contribution in [3.63, 3.8) is 0 Å². The lowest BCUT2D eigenvalue weighted by molar-refractivity contribution is -0.137. The molecule has 0 aliphatic heterocycles. The van der Waals surface area contributed by atoms with Crippen LogP contribution in [0, 0.1) is 6.92 Å². The fraction of sp³-hybridized carbons (Fsp3) is 0.154. The summed E-state index contributed by atoms with van der Waals surface area (Å²) in [6, 6.07) is 6.45. The van der Waals surface area contributed by atoms with Crippen LogP contribution in [0.4, 0.5) is 13.2 Å². The molecule has 2 rings (SSSR count). The lowest BCUT2D eigenvalue weighted by Crippen LogP contribution is -2.07. The number of furan rings is 1. The SMILES string of the molecule is Cc1ccc(-c2ccc(C=O)cc2C(F)(F)F)o1. The van der Waals surface area contributed by atoms with Gasteiger partial charge in [-0.3, -0.25) is 4.79 Å². The van der Waals surface area contributed by atoms with Gasteiger partial charge in [-0.25, -0.2) is 0 Å². The van der Waals surface area contributed by atoms with Crippen LogP contribution in [0.25, 0.3) is 11.3 Å². The van der Waals surface area contributed by atoms with E-state index in [1.54, 1.807) is 13.0 Å². The maximum Gasteiger partial charge on any atom is 0.417 e. The van der Waals surface area contributed by atoms with Crippen LogP contribution < -0.4 is 0 Å². The Morgan fingerprint density at radius 2 is 1.89 bits per heavy atom. The molecule has 0 fully saturated rings. The first-order valence-corrected chi connectivity index (χ1v) is 5.15. The van der Waals surface area contributed by atoms with Gasteiger partial charge in [0.15, 0.2) is 0 Å². The lowest BCUT2D eigenvalue weighted by atomic mass is 10.0. The van der Waals surface area contributed by atoms with Crippen molar-refractivity contribution in [2.45, 2.75) is 13.1 Å². The molecule has 0 aliphatic carbocycles. The second-order valence-corrected chi connectivity index (χ2v) is 3.83. The van der Waals surface area contributed by atoms with Gasteiger partial charge in [0, 0.05) is 11.1 Å². The predicted molar refractivity (Wildman–Crippen MR) is 59.3 cm³/mol. The van der Waals surface area contributed by atoms with Crippen molar-refractivity contribution in [2.75, 3.05) is 0 Å². The van der Waals surface area contributed by atoms with Crippen molar-refractivity contribution in [3.05, 3.63) is 47.2 Å². The van der Waals surface area contributed by atoms with Gasteiger partial charge in [0.05, 0.1) is 5.56 Å². The smallest absolute Gasteiger partial charge is 0.417 e. The molecular formula is C13H9F3O2. The summed E-state index contributed by atoms with van der Waals surface area (Å²) >= 11 is 0. The summed E-state index contributed by atoms with van der Waals surface area (Å²) in [6.07, 6.45) is -4.15. The van der Waals surface area contributed by atoms with Crippen molar-refractivity contribution >= 4 is 6.29 Å². The number of rotatable bonds is 2. The van der Waals surface area contributed by atoms with Gasteiger partial charge < -0.3 is 4.42 Å². The van der Waals surface area contributed by atoms with Crippen LogP contribution >= 0.6 is 0 Å². The van der Waals surface area contributed by atoms with E-state index in [-0.39, 0.29) is 16.9 Å². The average Bonchev–Trinajstić information content (AvgIpc) is 2.74. The van der Waals surface area contributed by atoms with E-state index < -0.39 is 11.7 Å². The summed E-state index contributed by atoms with van der Waals surface area (Å²) < 4.78 is 43.9. The quantitative estimate of drug-likeness (QED) is 0.755. The molecule has 1 aromatic carbocycles. The fourth-order valence-electron chi connectivity index (χ4n) is 1.66. The van der Waals surface area contributed by atoms with E-state index in [9.17, 15) is 18.0 Å². The molecule has 0 saturated carbocycles. The molecule has 0 bridgehead atoms. The van der Waals surface area contributed by atoms with Crippen LogP contribution in [0.5, 0.6) is 0 Å². The molecule has 5 heteroatoms. The highest BCUT2D eigenvalue weighted by Crippen LogP contribution is 2.38. The highest BCUT2D eigenvalue weighted by atomic mass is 19.4. The number of benzene rings is 1. The average molecular weight is 254 g/mol. The molecule has 2 aromatic rings. The minimum absolute atomic E-state index is 0.0191. The maximum atomic E-state index is 12.9. The van der Waals surface area contributed by atoms with Crippen LogP contribution in [-0.4, -0.2) is 6.29 Å². The number of hydrogen-bond acceptors (Lipinski definition) is 2. The molecule has 1 heterocycles. The Kier molecular flexibility index (Phi) is 2.98. The van der Waals surface area contributed by atoms with Crippen molar-refractivity contribution in [2.24, 2.45) is 0 Å². The van der Waals surface area contributed by atoms with Crippen molar-refractivity contribution < 1.29 is 22.4 Å². The summed E-state index contributed by atoms with van der Waals surface area (Å²) in [4.78, 5) is 10.5. The third-order valence-corrected chi connectivity index (χ3v) is 2.49. The molecule has 0 amide bonds. The lowest BCUT2D eigenvalue weighted by Gasteiger charge is -2.11. The molecule has 0 radical (unpaired) electrons. The van der Waals surface area contributed by atoms with Gasteiger partial charge in [-0.1, -0.05) is 6.07 Å². The number of carbonyl (C=O) groups excluding carboxylic acids is 1. The molecule has 0 spiro atoms. The normalized spacial score (nSPS) is 11.6. The van der Waals surface area contributed by atoms with Crippen molar-refractivity contribution in [1.82, 2.24) is 0 Å². The molecule has 0 unspecified atom stereocenters. The Bertz CT molecular complexity index is 582. The zero-order valence-corrected chi connectivity index (χ0v) is 9.41. The van der Waals surface area contributed by atoms with E-state index in [4.69, 9.17) is 4.42 Å². The van der Waals surface area contributed by atoms with Gasteiger partial charge in [0.25, 0.3) is 0 Å². The number of hydrogen-bond donors (Lipinski definition) is 0. The molecule has 1 aromatic heterocycles. The predicted octanol–water partition coefficient (Wildman–Crippen LogP) is 4.09. The highest BCUT2D eigenvalue weighted by Gasteiger charge is 2.34. The van der Waals surface area contributed by atoms with Crippen LogP contribution in [0.1, 0.15) is 21.7 Å². The monoisotopic (exact) mass is 254 g/mol. The number of aldehydes is 1. The summed E-state index contributed by atoms with van der Waals surface area (Å²) in [7, 11) is 0. The van der Waals surface area contributed by atoms with E-state index >= 15 is 0 Å². The Morgan fingerprint density at radius 1 is 1.17 bits per heavy atom. The zero-order valence-electron chi connectivity index (χ0n) is 9.41. The first-order chi connectivity index (χ1) is 8.41. The van der Waals surface area contributed by atoms with Gasteiger partial charge in [0.2, 0.25) is 0 Å². The second kappa shape index (κ2) is 4.33. The first-order valence-electron chi connectivity index (χ1n) is 5.15. The number of alkyl halides is 3. The maximum absolute atomic E-state index is 12.9. The largest absolute Gasteiger partial charge is 0.461 e. The van der Waals surface area contributed by atoms with Gasteiger partial charge in [0.1, 0.15) is 17.8 Å². The molecule has 2 nitrogen and oxygen atoms in total. The van der Waals surface area contributed by atoms with E-state index in [0.717, 1.165) is 6.07 Å². The van der Waals surface area contributed by atoms with Gasteiger partial charge >= 0.3 is 6.18 Å². The minimum atomic E-state index is -4.53. The fourth-order valence-corrected chi connectivity index (χ4v) is 1.66. The standard InChI is InChI=1S/C13H9F3O2/c1-8-2-5-12(18-8)10-4-3-9(7-17)6-11(10)13(14,15)16/h2-7H,1H3. The van der Waals surface area contributed by atoms with E-state index in [2.05, 4.69) is 0 Å². The molecule has 0 saturated heterocycles. The third kappa shape index (κ3) is 2.30. The van der Waals surface area contributed by atoms with E-state index in [1.165, 1.54) is 18.2 Å². The Labute approximate surface area is 101 Å². The van der Waals surface area contributed by atoms with E-state index in [0.29, 0.717) is 12.0 Å². The molecular weight excluding hydrogens is 245 g/mol. The Morgan fingerprint density at radius 3 is 2.39 bits per heavy atom. The van der Waals surface area contributed by atoms with Gasteiger partial charge in [-0.15, -0.1) is 0 Å². The molecule has 0 aliphatic rings. The number of halogens is 3. The molecule has 94 valence electrons. The van der Waals surface area contributed by atoms with Crippen LogP contribution in [0.15, 0.2) is 34.7 Å². The van der Waals surface area contributed by atoms with Crippen molar-refractivity contribution in [1.29, 1.82) is 0 Å². The van der Waals surface area contributed by atoms with Gasteiger partial charge in [-0.2, -0.15) is 13.2 Å². The van der Waals surface area contributed by atoms with Crippen LogP contribution in [0.2, 0.25) is 0 Å². The summed E-state index contributed by atoms with van der Waals surface area (Å²) in [5, 5.41) is 0. The molecule has 0 atom stereocenters. The summed E-state index contributed by atoms with van der Waals surface area (Å²) in [6.45, 7) is 1.65. The molecule has 18 heavy (non-hydrogen) atoms. The van der Waals surface area contributed by atoms with Gasteiger partial charge in [-0.05, 0) is 31.2 Å². The summed E-state index contributed by atoms with van der Waals surface area (Å²) in [5.74, 6) is 0.662. The molecule has 0 N–H and O–H groups in total. The zero-order chi connectivity index (χ0) is 13.3. The third-order valence-electron chi connectivity index (χ3n) is 2.49.